The number of cyclic esters (lactones) is 1. The summed E-state index contributed by atoms with van der Waals surface area (Å²) in [5, 5.41) is 1.91. The minimum atomic E-state index is -0.451. The van der Waals surface area contributed by atoms with Gasteiger partial charge >= 0.3 is 5.97 Å². The Morgan fingerprint density at radius 3 is 2.80 bits per heavy atom. The molecule has 0 fully saturated rings. The van der Waals surface area contributed by atoms with Crippen molar-refractivity contribution >= 4 is 29.3 Å². The van der Waals surface area contributed by atoms with Crippen LogP contribution in [0.2, 0.25) is 0 Å². The quantitative estimate of drug-likeness (QED) is 0.548. The smallest absolute Gasteiger partial charge is 0.363 e. The minimum Gasteiger partial charge on any atom is -0.490 e. The summed E-state index contributed by atoms with van der Waals surface area (Å²) in [4.78, 5) is 17.2. The van der Waals surface area contributed by atoms with Crippen molar-refractivity contribution in [2.75, 3.05) is 13.2 Å². The lowest BCUT2D eigenvalue weighted by Gasteiger charge is -2.12. The number of rotatable bonds is 7. The van der Waals surface area contributed by atoms with Crippen LogP contribution in [0.3, 0.4) is 0 Å². The molecule has 0 radical (unpaired) electrons. The molecule has 2 heterocycles. The summed E-state index contributed by atoms with van der Waals surface area (Å²) < 4.78 is 16.6. The highest BCUT2D eigenvalue weighted by molar-refractivity contribution is 7.12. The molecule has 0 saturated carbocycles. The lowest BCUT2D eigenvalue weighted by molar-refractivity contribution is -0.129. The van der Waals surface area contributed by atoms with Crippen molar-refractivity contribution in [2.24, 2.45) is 4.99 Å². The third-order valence-electron chi connectivity index (χ3n) is 3.39. The average Bonchev–Trinajstić information content (AvgIpc) is 3.25. The van der Waals surface area contributed by atoms with E-state index in [9.17, 15) is 4.79 Å². The third kappa shape index (κ3) is 4.09. The van der Waals surface area contributed by atoms with Crippen molar-refractivity contribution in [3.8, 4) is 11.5 Å². The van der Waals surface area contributed by atoms with E-state index in [0.29, 0.717) is 30.6 Å². The van der Waals surface area contributed by atoms with Gasteiger partial charge < -0.3 is 14.2 Å². The van der Waals surface area contributed by atoms with Gasteiger partial charge in [-0.2, -0.15) is 0 Å². The number of benzene rings is 1. The van der Waals surface area contributed by atoms with E-state index in [2.05, 4.69) is 4.99 Å². The predicted octanol–water partition coefficient (Wildman–Crippen LogP) is 4.28. The molecule has 0 saturated heterocycles. The van der Waals surface area contributed by atoms with Crippen LogP contribution in [0.15, 0.2) is 46.4 Å². The SMILES string of the molecule is CCCOc1ccc(C=C2N=C(c3cccs3)OC2=O)cc1OCC. The largest absolute Gasteiger partial charge is 0.490 e. The molecule has 0 atom stereocenters. The molecule has 130 valence electrons. The van der Waals surface area contributed by atoms with Crippen LogP contribution in [0.5, 0.6) is 11.5 Å². The summed E-state index contributed by atoms with van der Waals surface area (Å²) in [6, 6.07) is 9.31. The molecule has 25 heavy (non-hydrogen) atoms. The molecule has 6 heteroatoms. The van der Waals surface area contributed by atoms with Crippen LogP contribution < -0.4 is 9.47 Å². The fraction of sp³-hybridized carbons (Fsp3) is 0.263. The Kier molecular flexibility index (Phi) is 5.50. The Morgan fingerprint density at radius 1 is 1.20 bits per heavy atom. The van der Waals surface area contributed by atoms with Crippen molar-refractivity contribution in [3.63, 3.8) is 0 Å². The zero-order valence-corrected chi connectivity index (χ0v) is 15.0. The fourth-order valence-electron chi connectivity index (χ4n) is 2.29. The molecule has 3 rings (SSSR count). The molecular weight excluding hydrogens is 338 g/mol. The van der Waals surface area contributed by atoms with E-state index in [0.717, 1.165) is 16.9 Å². The van der Waals surface area contributed by atoms with Gasteiger partial charge in [-0.05, 0) is 48.6 Å². The molecule has 1 aromatic heterocycles. The molecule has 0 spiro atoms. The maximum atomic E-state index is 12.0. The van der Waals surface area contributed by atoms with Gasteiger partial charge in [-0.25, -0.2) is 9.79 Å². The maximum Gasteiger partial charge on any atom is 0.363 e. The highest BCUT2D eigenvalue weighted by Gasteiger charge is 2.24. The number of carbonyl (C=O) groups is 1. The Labute approximate surface area is 150 Å². The monoisotopic (exact) mass is 357 g/mol. The molecule has 1 aromatic carbocycles. The van der Waals surface area contributed by atoms with Crippen molar-refractivity contribution in [3.05, 3.63) is 51.8 Å². The van der Waals surface area contributed by atoms with Gasteiger partial charge in [-0.1, -0.05) is 19.1 Å². The second-order valence-electron chi connectivity index (χ2n) is 5.30. The molecule has 0 amide bonds. The first-order chi connectivity index (χ1) is 12.2. The van der Waals surface area contributed by atoms with Crippen LogP contribution in [0.1, 0.15) is 30.7 Å². The van der Waals surface area contributed by atoms with Crippen LogP contribution in [-0.4, -0.2) is 25.1 Å². The number of nitrogens with zero attached hydrogens (tertiary/aromatic N) is 1. The summed E-state index contributed by atoms with van der Waals surface area (Å²) in [6.07, 6.45) is 2.61. The highest BCUT2D eigenvalue weighted by Crippen LogP contribution is 2.30. The van der Waals surface area contributed by atoms with Gasteiger partial charge in [0.25, 0.3) is 0 Å². The average molecular weight is 357 g/mol. The minimum absolute atomic E-state index is 0.271. The third-order valence-corrected chi connectivity index (χ3v) is 4.24. The summed E-state index contributed by atoms with van der Waals surface area (Å²) in [5.41, 5.74) is 1.07. The van der Waals surface area contributed by atoms with Gasteiger partial charge in [-0.3, -0.25) is 0 Å². The van der Waals surface area contributed by atoms with E-state index in [1.165, 1.54) is 11.3 Å². The van der Waals surface area contributed by atoms with Gasteiger partial charge in [0.05, 0.1) is 18.1 Å². The van der Waals surface area contributed by atoms with Crippen LogP contribution >= 0.6 is 11.3 Å². The number of hydrogen-bond acceptors (Lipinski definition) is 6. The van der Waals surface area contributed by atoms with Crippen LogP contribution in [0.4, 0.5) is 0 Å². The maximum absolute atomic E-state index is 12.0. The number of carbonyl (C=O) groups excluding carboxylic acids is 1. The number of thiophene rings is 1. The molecule has 1 aliphatic heterocycles. The Bertz CT molecular complexity index is 809. The predicted molar refractivity (Wildman–Crippen MR) is 98.3 cm³/mol. The Balaban J connectivity index is 1.87. The molecule has 2 aromatic rings. The summed E-state index contributed by atoms with van der Waals surface area (Å²) in [5.74, 6) is 1.24. The van der Waals surface area contributed by atoms with Crippen LogP contribution in [-0.2, 0) is 9.53 Å². The van der Waals surface area contributed by atoms with Crippen LogP contribution in [0, 0.1) is 0 Å². The summed E-state index contributed by atoms with van der Waals surface area (Å²) in [6.45, 7) is 5.13. The molecule has 0 unspecified atom stereocenters. The van der Waals surface area contributed by atoms with Crippen LogP contribution in [0.25, 0.3) is 6.08 Å². The topological polar surface area (TPSA) is 57.1 Å². The highest BCUT2D eigenvalue weighted by atomic mass is 32.1. The van der Waals surface area contributed by atoms with Gasteiger partial charge in [-0.15, -0.1) is 11.3 Å². The fourth-order valence-corrected chi connectivity index (χ4v) is 2.94. The van der Waals surface area contributed by atoms with E-state index in [1.807, 2.05) is 49.6 Å². The van der Waals surface area contributed by atoms with Crippen molar-refractivity contribution in [2.45, 2.75) is 20.3 Å². The Morgan fingerprint density at radius 2 is 2.08 bits per heavy atom. The van der Waals surface area contributed by atoms with Gasteiger partial charge in [0, 0.05) is 0 Å². The number of esters is 1. The zero-order chi connectivity index (χ0) is 17.6. The number of aliphatic imine (C=N–C) groups is 1. The zero-order valence-electron chi connectivity index (χ0n) is 14.2. The van der Waals surface area contributed by atoms with E-state index in [1.54, 1.807) is 6.08 Å². The van der Waals surface area contributed by atoms with Gasteiger partial charge in [0.1, 0.15) is 0 Å². The second-order valence-corrected chi connectivity index (χ2v) is 6.25. The molecule has 0 bridgehead atoms. The van der Waals surface area contributed by atoms with Crippen molar-refractivity contribution in [1.29, 1.82) is 0 Å². The lowest BCUT2D eigenvalue weighted by atomic mass is 10.1. The molecule has 5 nitrogen and oxygen atoms in total. The summed E-state index contributed by atoms with van der Waals surface area (Å²) in [7, 11) is 0. The Hall–Kier alpha value is -2.60. The number of ether oxygens (including phenoxy) is 3. The van der Waals surface area contributed by atoms with E-state index >= 15 is 0 Å². The summed E-state index contributed by atoms with van der Waals surface area (Å²) >= 11 is 1.48. The van der Waals surface area contributed by atoms with Gasteiger partial charge in [0.2, 0.25) is 5.90 Å². The molecular formula is C19H19NO4S. The molecule has 0 aliphatic carbocycles. The first kappa shape index (κ1) is 17.2. The molecule has 1 aliphatic rings. The normalized spacial score (nSPS) is 15.2. The standard InChI is InChI=1S/C19H19NO4S/c1-3-9-23-15-8-7-13(12-16(15)22-4-2)11-14-19(21)24-18(20-14)17-6-5-10-25-17/h5-8,10-12H,3-4,9H2,1-2H3. The second kappa shape index (κ2) is 7.98. The van der Waals surface area contributed by atoms with E-state index in [4.69, 9.17) is 14.2 Å². The first-order valence-electron chi connectivity index (χ1n) is 8.17. The number of hydrogen-bond donors (Lipinski definition) is 0. The van der Waals surface area contributed by atoms with E-state index < -0.39 is 5.97 Å². The molecule has 0 N–H and O–H groups in total. The van der Waals surface area contributed by atoms with Crippen molar-refractivity contribution < 1.29 is 19.0 Å². The lowest BCUT2D eigenvalue weighted by Crippen LogP contribution is -2.03. The van der Waals surface area contributed by atoms with Crippen molar-refractivity contribution in [1.82, 2.24) is 0 Å². The first-order valence-corrected chi connectivity index (χ1v) is 9.05. The van der Waals surface area contributed by atoms with E-state index in [-0.39, 0.29) is 5.70 Å². The van der Waals surface area contributed by atoms with Gasteiger partial charge in [0.15, 0.2) is 17.2 Å².